The summed E-state index contributed by atoms with van der Waals surface area (Å²) >= 11 is 0. The second kappa shape index (κ2) is 6.48. The van der Waals surface area contributed by atoms with Gasteiger partial charge in [-0.15, -0.1) is 0 Å². The van der Waals surface area contributed by atoms with Crippen LogP contribution in [0.5, 0.6) is 0 Å². The van der Waals surface area contributed by atoms with Crippen molar-refractivity contribution in [3.63, 3.8) is 0 Å². The number of carbonyl (C=O) groups is 2. The van der Waals surface area contributed by atoms with Crippen molar-refractivity contribution >= 4 is 21.7 Å². The van der Waals surface area contributed by atoms with Crippen LogP contribution in [0.3, 0.4) is 0 Å². The fourth-order valence-corrected chi connectivity index (χ4v) is 3.47. The number of benzene rings is 1. The van der Waals surface area contributed by atoms with Gasteiger partial charge in [0.25, 0.3) is 5.91 Å². The molecule has 6 nitrogen and oxygen atoms in total. The molecule has 0 bridgehead atoms. The van der Waals surface area contributed by atoms with Gasteiger partial charge in [-0.3, -0.25) is 9.59 Å². The molecule has 0 unspecified atom stereocenters. The quantitative estimate of drug-likeness (QED) is 0.853. The summed E-state index contributed by atoms with van der Waals surface area (Å²) in [7, 11) is -3.28. The Labute approximate surface area is 129 Å². The van der Waals surface area contributed by atoms with Crippen LogP contribution in [0, 0.1) is 5.92 Å². The third kappa shape index (κ3) is 3.65. The Bertz CT molecular complexity index is 666. The number of carboxylic acids is 1. The van der Waals surface area contributed by atoms with Crippen LogP contribution in [0.15, 0.2) is 29.2 Å². The first-order valence-corrected chi connectivity index (χ1v) is 8.85. The number of hydrogen-bond donors (Lipinski definition) is 2. The van der Waals surface area contributed by atoms with E-state index in [4.69, 9.17) is 5.11 Å². The van der Waals surface area contributed by atoms with Gasteiger partial charge in [0, 0.05) is 11.6 Å². The predicted octanol–water partition coefficient (Wildman–Crippen LogP) is 1.46. The molecule has 0 aromatic heterocycles. The third-order valence-electron chi connectivity index (χ3n) is 3.97. The Morgan fingerprint density at radius 1 is 1.23 bits per heavy atom. The van der Waals surface area contributed by atoms with Gasteiger partial charge in [-0.25, -0.2) is 8.42 Å². The second-order valence-corrected chi connectivity index (χ2v) is 7.72. The monoisotopic (exact) mass is 325 g/mol. The highest BCUT2D eigenvalue weighted by Crippen LogP contribution is 2.26. The molecule has 120 valence electrons. The van der Waals surface area contributed by atoms with Crippen molar-refractivity contribution in [1.29, 1.82) is 0 Å². The summed E-state index contributed by atoms with van der Waals surface area (Å²) in [5, 5.41) is 11.7. The molecule has 22 heavy (non-hydrogen) atoms. The van der Waals surface area contributed by atoms with E-state index in [9.17, 15) is 18.0 Å². The van der Waals surface area contributed by atoms with E-state index in [1.54, 1.807) is 6.92 Å². The van der Waals surface area contributed by atoms with Gasteiger partial charge in [-0.2, -0.15) is 0 Å². The fraction of sp³-hybridized carbons (Fsp3) is 0.467. The van der Waals surface area contributed by atoms with Crippen LogP contribution in [0.4, 0.5) is 0 Å². The van der Waals surface area contributed by atoms with Crippen molar-refractivity contribution in [3.05, 3.63) is 29.8 Å². The number of carbonyl (C=O) groups excluding carboxylic acids is 1. The van der Waals surface area contributed by atoms with Crippen molar-refractivity contribution in [2.45, 2.75) is 37.1 Å². The minimum atomic E-state index is -3.28. The number of amides is 1. The highest BCUT2D eigenvalue weighted by molar-refractivity contribution is 7.91. The first-order chi connectivity index (χ1) is 10.3. The van der Waals surface area contributed by atoms with E-state index in [0.29, 0.717) is 24.8 Å². The summed E-state index contributed by atoms with van der Waals surface area (Å²) in [5.74, 6) is -1.53. The van der Waals surface area contributed by atoms with Crippen LogP contribution in [-0.2, 0) is 14.6 Å². The van der Waals surface area contributed by atoms with Crippen LogP contribution in [0.25, 0.3) is 0 Å². The Morgan fingerprint density at radius 2 is 1.86 bits per heavy atom. The first kappa shape index (κ1) is 16.5. The fourth-order valence-electron chi connectivity index (χ4n) is 2.59. The molecule has 1 aliphatic carbocycles. The number of sulfone groups is 1. The zero-order valence-corrected chi connectivity index (χ0v) is 13.1. The number of nitrogens with one attached hydrogen (secondary N) is 1. The Balaban J connectivity index is 2.01. The van der Waals surface area contributed by atoms with E-state index in [0.717, 1.165) is 0 Å². The SMILES string of the molecule is CCS(=O)(=O)c1ccc(C(=O)N[C@@H]2CC[C@H](C(=O)O)C2)cc1. The first-order valence-electron chi connectivity index (χ1n) is 7.20. The summed E-state index contributed by atoms with van der Waals surface area (Å²) in [6.45, 7) is 1.56. The highest BCUT2D eigenvalue weighted by atomic mass is 32.2. The largest absolute Gasteiger partial charge is 0.481 e. The smallest absolute Gasteiger partial charge is 0.306 e. The van der Waals surface area contributed by atoms with Crippen LogP contribution < -0.4 is 5.32 Å². The standard InChI is InChI=1S/C15H19NO5S/c1-2-22(20,21)13-7-4-10(5-8-13)14(17)16-12-6-3-11(9-12)15(18)19/h4-5,7-8,11-12H,2-3,6,9H2,1H3,(H,16,17)(H,18,19)/t11-,12+/m0/s1. The molecule has 1 aromatic carbocycles. The van der Waals surface area contributed by atoms with Gasteiger partial charge in [-0.05, 0) is 43.5 Å². The Hall–Kier alpha value is -1.89. The average molecular weight is 325 g/mol. The predicted molar refractivity (Wildman–Crippen MR) is 80.4 cm³/mol. The molecule has 0 radical (unpaired) electrons. The number of hydrogen-bond acceptors (Lipinski definition) is 4. The van der Waals surface area contributed by atoms with Gasteiger partial charge in [0.1, 0.15) is 0 Å². The maximum Gasteiger partial charge on any atom is 0.306 e. The van der Waals surface area contributed by atoms with E-state index >= 15 is 0 Å². The minimum absolute atomic E-state index is 0.0111. The van der Waals surface area contributed by atoms with Gasteiger partial charge in [0.2, 0.25) is 0 Å². The molecule has 0 aliphatic heterocycles. The second-order valence-electron chi connectivity index (χ2n) is 5.45. The molecule has 7 heteroatoms. The molecular weight excluding hydrogens is 306 g/mol. The lowest BCUT2D eigenvalue weighted by molar-refractivity contribution is -0.141. The summed E-state index contributed by atoms with van der Waals surface area (Å²) in [6.07, 6.45) is 1.64. The summed E-state index contributed by atoms with van der Waals surface area (Å²) < 4.78 is 23.4. The topological polar surface area (TPSA) is 101 Å². The normalized spacial score (nSPS) is 21.5. The molecular formula is C15H19NO5S. The van der Waals surface area contributed by atoms with Gasteiger partial charge in [-0.1, -0.05) is 6.92 Å². The molecule has 1 saturated carbocycles. The van der Waals surface area contributed by atoms with Gasteiger partial charge in [0.15, 0.2) is 9.84 Å². The van der Waals surface area contributed by atoms with Crippen LogP contribution in [0.1, 0.15) is 36.5 Å². The van der Waals surface area contributed by atoms with Crippen LogP contribution >= 0.6 is 0 Å². The third-order valence-corrected chi connectivity index (χ3v) is 5.72. The van der Waals surface area contributed by atoms with Crippen LogP contribution in [-0.4, -0.2) is 37.2 Å². The molecule has 1 aromatic rings. The molecule has 0 saturated heterocycles. The molecule has 2 atom stereocenters. The summed E-state index contributed by atoms with van der Waals surface area (Å²) in [4.78, 5) is 23.2. The van der Waals surface area contributed by atoms with E-state index in [-0.39, 0.29) is 22.6 Å². The van der Waals surface area contributed by atoms with Crippen molar-refractivity contribution in [2.24, 2.45) is 5.92 Å². The maximum absolute atomic E-state index is 12.1. The van der Waals surface area contributed by atoms with Crippen LogP contribution in [0.2, 0.25) is 0 Å². The zero-order chi connectivity index (χ0) is 16.3. The lowest BCUT2D eigenvalue weighted by atomic mass is 10.1. The Kier molecular flexibility index (Phi) is 4.85. The van der Waals surface area contributed by atoms with Crippen molar-refractivity contribution in [3.8, 4) is 0 Å². The lowest BCUT2D eigenvalue weighted by Crippen LogP contribution is -2.33. The van der Waals surface area contributed by atoms with Crippen molar-refractivity contribution in [2.75, 3.05) is 5.75 Å². The molecule has 1 aliphatic rings. The van der Waals surface area contributed by atoms with Crippen molar-refractivity contribution in [1.82, 2.24) is 5.32 Å². The highest BCUT2D eigenvalue weighted by Gasteiger charge is 2.30. The number of rotatable bonds is 5. The van der Waals surface area contributed by atoms with E-state index in [1.807, 2.05) is 0 Å². The summed E-state index contributed by atoms with van der Waals surface area (Å²) in [5.41, 5.74) is 0.369. The molecule has 2 N–H and O–H groups in total. The van der Waals surface area contributed by atoms with E-state index < -0.39 is 21.7 Å². The Morgan fingerprint density at radius 3 is 2.36 bits per heavy atom. The molecule has 1 amide bonds. The lowest BCUT2D eigenvalue weighted by Gasteiger charge is -2.12. The molecule has 0 heterocycles. The maximum atomic E-state index is 12.1. The zero-order valence-electron chi connectivity index (χ0n) is 12.3. The van der Waals surface area contributed by atoms with Crippen molar-refractivity contribution < 1.29 is 23.1 Å². The summed E-state index contributed by atoms with van der Waals surface area (Å²) in [6, 6.07) is 5.64. The molecule has 1 fully saturated rings. The van der Waals surface area contributed by atoms with E-state index in [1.165, 1.54) is 24.3 Å². The molecule has 0 spiro atoms. The molecule has 2 rings (SSSR count). The van der Waals surface area contributed by atoms with Gasteiger partial charge < -0.3 is 10.4 Å². The average Bonchev–Trinajstić information content (AvgIpc) is 2.96. The van der Waals surface area contributed by atoms with Gasteiger partial charge in [0.05, 0.1) is 16.6 Å². The van der Waals surface area contributed by atoms with E-state index in [2.05, 4.69) is 5.32 Å². The minimum Gasteiger partial charge on any atom is -0.481 e. The number of aliphatic carboxylic acids is 1. The van der Waals surface area contributed by atoms with Gasteiger partial charge >= 0.3 is 5.97 Å². The number of carboxylic acid groups (broad SMARTS) is 1.